The molecule has 0 radical (unpaired) electrons. The van der Waals surface area contributed by atoms with Gasteiger partial charge in [-0.05, 0) is 36.6 Å². The minimum atomic E-state index is -3.51. The van der Waals surface area contributed by atoms with Crippen molar-refractivity contribution in [1.82, 2.24) is 19.4 Å². The highest BCUT2D eigenvalue weighted by molar-refractivity contribution is 7.89. The van der Waals surface area contributed by atoms with E-state index < -0.39 is 10.0 Å². The summed E-state index contributed by atoms with van der Waals surface area (Å²) in [5.74, 6) is -1.15. The Kier molecular flexibility index (Phi) is 6.61. The first-order valence-corrected chi connectivity index (χ1v) is 12.4. The first-order chi connectivity index (χ1) is 15.7. The van der Waals surface area contributed by atoms with Gasteiger partial charge in [0.05, 0.1) is 4.90 Å². The third-order valence-electron chi connectivity index (χ3n) is 5.90. The number of sulfonamides is 1. The minimum absolute atomic E-state index is 0.0353. The number of amides is 4. The van der Waals surface area contributed by atoms with Crippen LogP contribution in [0.25, 0.3) is 6.08 Å². The number of benzene rings is 1. The molecule has 0 unspecified atom stereocenters. The van der Waals surface area contributed by atoms with Crippen LogP contribution in [0, 0.1) is 0 Å². The SMILES string of the molecule is O=C(/C=C/c1ccc(S(=O)(=O)NC2CC2)cc1)N1CCN(C(=O)CN2C(=O)CCC2=O)CC1. The summed E-state index contributed by atoms with van der Waals surface area (Å²) >= 11 is 0. The molecule has 3 aliphatic rings. The number of hydrogen-bond donors (Lipinski definition) is 1. The molecule has 1 N–H and O–H groups in total. The van der Waals surface area contributed by atoms with Gasteiger partial charge in [0, 0.05) is 51.1 Å². The molecule has 0 spiro atoms. The number of hydrogen-bond acceptors (Lipinski definition) is 6. The Morgan fingerprint density at radius 1 is 0.939 bits per heavy atom. The highest BCUT2D eigenvalue weighted by Gasteiger charge is 2.33. The third-order valence-corrected chi connectivity index (χ3v) is 7.44. The fourth-order valence-corrected chi connectivity index (χ4v) is 5.04. The number of imide groups is 1. The molecular weight excluding hydrogens is 448 g/mol. The van der Waals surface area contributed by atoms with Crippen LogP contribution >= 0.6 is 0 Å². The van der Waals surface area contributed by atoms with Gasteiger partial charge in [-0.2, -0.15) is 0 Å². The number of nitrogens with zero attached hydrogens (tertiary/aromatic N) is 3. The summed E-state index contributed by atoms with van der Waals surface area (Å²) in [6.07, 6.45) is 5.07. The number of piperazine rings is 1. The predicted molar refractivity (Wildman–Crippen MR) is 118 cm³/mol. The van der Waals surface area contributed by atoms with Gasteiger partial charge in [-0.25, -0.2) is 13.1 Å². The normalized spacial score (nSPS) is 19.6. The van der Waals surface area contributed by atoms with Crippen LogP contribution in [-0.2, 0) is 29.2 Å². The van der Waals surface area contributed by atoms with E-state index in [2.05, 4.69) is 4.72 Å². The van der Waals surface area contributed by atoms with E-state index in [0.29, 0.717) is 31.7 Å². The molecule has 33 heavy (non-hydrogen) atoms. The van der Waals surface area contributed by atoms with Crippen LogP contribution in [0.1, 0.15) is 31.2 Å². The minimum Gasteiger partial charge on any atom is -0.338 e. The molecule has 3 fully saturated rings. The highest BCUT2D eigenvalue weighted by Crippen LogP contribution is 2.22. The molecule has 1 aromatic carbocycles. The molecule has 4 amide bonds. The van der Waals surface area contributed by atoms with Gasteiger partial charge < -0.3 is 9.80 Å². The Morgan fingerprint density at radius 2 is 1.52 bits per heavy atom. The fraction of sp³-hybridized carbons (Fsp3) is 0.455. The molecule has 0 atom stereocenters. The van der Waals surface area contributed by atoms with Crippen LogP contribution in [0.5, 0.6) is 0 Å². The highest BCUT2D eigenvalue weighted by atomic mass is 32.2. The van der Waals surface area contributed by atoms with Crippen molar-refractivity contribution < 1.29 is 27.6 Å². The molecule has 1 saturated carbocycles. The van der Waals surface area contributed by atoms with Crippen LogP contribution in [0.4, 0.5) is 0 Å². The summed E-state index contributed by atoms with van der Waals surface area (Å²) in [5, 5.41) is 0. The molecular formula is C22H26N4O6S. The first-order valence-electron chi connectivity index (χ1n) is 10.9. The van der Waals surface area contributed by atoms with E-state index in [9.17, 15) is 27.6 Å². The average molecular weight is 475 g/mol. The Morgan fingerprint density at radius 3 is 2.09 bits per heavy atom. The zero-order valence-corrected chi connectivity index (χ0v) is 18.9. The molecule has 0 aromatic heterocycles. The van der Waals surface area contributed by atoms with E-state index in [1.165, 1.54) is 18.2 Å². The number of carbonyl (C=O) groups excluding carboxylic acids is 4. The Balaban J connectivity index is 1.26. The van der Waals surface area contributed by atoms with Crippen molar-refractivity contribution in [3.05, 3.63) is 35.9 Å². The largest absolute Gasteiger partial charge is 0.338 e. The van der Waals surface area contributed by atoms with Crippen molar-refractivity contribution in [2.24, 2.45) is 0 Å². The molecule has 10 nitrogen and oxygen atoms in total. The van der Waals surface area contributed by atoms with Crippen molar-refractivity contribution in [3.63, 3.8) is 0 Å². The average Bonchev–Trinajstić information content (AvgIpc) is 3.56. The van der Waals surface area contributed by atoms with E-state index in [1.54, 1.807) is 28.0 Å². The maximum atomic E-state index is 12.5. The van der Waals surface area contributed by atoms with Gasteiger partial charge in [-0.15, -0.1) is 0 Å². The lowest BCUT2D eigenvalue weighted by Gasteiger charge is -2.34. The second-order valence-electron chi connectivity index (χ2n) is 8.38. The van der Waals surface area contributed by atoms with Crippen LogP contribution in [0.15, 0.2) is 35.2 Å². The van der Waals surface area contributed by atoms with Gasteiger partial charge in [0.2, 0.25) is 33.7 Å². The molecule has 1 aliphatic carbocycles. The monoisotopic (exact) mass is 474 g/mol. The van der Waals surface area contributed by atoms with Gasteiger partial charge in [0.15, 0.2) is 0 Å². The fourth-order valence-electron chi connectivity index (χ4n) is 3.73. The van der Waals surface area contributed by atoms with E-state index in [0.717, 1.165) is 17.7 Å². The molecule has 0 bridgehead atoms. The standard InChI is InChI=1S/C22H26N4O6S/c27-19(8-3-16-1-6-18(7-2-16)33(31,32)23-17-4-5-17)24-11-13-25(14-12-24)22(30)15-26-20(28)9-10-21(26)29/h1-3,6-8,17,23H,4-5,9-15H2/b8-3+. The van der Waals surface area contributed by atoms with E-state index in [-0.39, 0.29) is 54.0 Å². The van der Waals surface area contributed by atoms with Gasteiger partial charge in [-0.1, -0.05) is 12.1 Å². The Hall–Kier alpha value is -3.05. The maximum absolute atomic E-state index is 12.5. The summed E-state index contributed by atoms with van der Waals surface area (Å²) in [6, 6.07) is 6.34. The molecule has 1 aromatic rings. The molecule has 176 valence electrons. The van der Waals surface area contributed by atoms with Crippen molar-refractivity contribution in [2.75, 3.05) is 32.7 Å². The van der Waals surface area contributed by atoms with Gasteiger partial charge >= 0.3 is 0 Å². The van der Waals surface area contributed by atoms with Crippen LogP contribution in [-0.4, -0.2) is 85.5 Å². The third kappa shape index (κ3) is 5.66. The van der Waals surface area contributed by atoms with Gasteiger partial charge in [0.1, 0.15) is 6.54 Å². The van der Waals surface area contributed by atoms with Gasteiger partial charge in [0.25, 0.3) is 0 Å². The summed E-state index contributed by atoms with van der Waals surface area (Å²) in [6.45, 7) is 1.11. The van der Waals surface area contributed by atoms with Crippen LogP contribution in [0.3, 0.4) is 0 Å². The van der Waals surface area contributed by atoms with Crippen molar-refractivity contribution in [1.29, 1.82) is 0 Å². The molecule has 2 saturated heterocycles. The number of carbonyl (C=O) groups is 4. The van der Waals surface area contributed by atoms with E-state index in [4.69, 9.17) is 0 Å². The summed E-state index contributed by atoms with van der Waals surface area (Å²) in [5.41, 5.74) is 0.697. The van der Waals surface area contributed by atoms with Crippen molar-refractivity contribution in [3.8, 4) is 0 Å². The Bertz CT molecular complexity index is 1070. The van der Waals surface area contributed by atoms with E-state index in [1.807, 2.05) is 0 Å². The van der Waals surface area contributed by atoms with Gasteiger partial charge in [-0.3, -0.25) is 24.1 Å². The maximum Gasteiger partial charge on any atom is 0.246 e. The van der Waals surface area contributed by atoms with Crippen molar-refractivity contribution >= 4 is 39.7 Å². The second kappa shape index (κ2) is 9.44. The lowest BCUT2D eigenvalue weighted by molar-refractivity contribution is -0.146. The predicted octanol–water partition coefficient (Wildman–Crippen LogP) is -0.0397. The second-order valence-corrected chi connectivity index (χ2v) is 10.1. The summed E-state index contributed by atoms with van der Waals surface area (Å²) in [4.78, 5) is 52.6. The first kappa shape index (κ1) is 23.1. The lowest BCUT2D eigenvalue weighted by atomic mass is 10.2. The molecule has 4 rings (SSSR count). The lowest BCUT2D eigenvalue weighted by Crippen LogP contribution is -2.52. The van der Waals surface area contributed by atoms with Crippen LogP contribution in [0.2, 0.25) is 0 Å². The smallest absolute Gasteiger partial charge is 0.246 e. The molecule has 2 heterocycles. The zero-order chi connectivity index (χ0) is 23.6. The molecule has 2 aliphatic heterocycles. The topological polar surface area (TPSA) is 124 Å². The van der Waals surface area contributed by atoms with E-state index >= 15 is 0 Å². The number of likely N-dealkylation sites (tertiary alicyclic amines) is 1. The summed E-state index contributed by atoms with van der Waals surface area (Å²) in [7, 11) is -3.51. The number of rotatable bonds is 7. The molecule has 11 heteroatoms. The Labute approximate surface area is 192 Å². The van der Waals surface area contributed by atoms with Crippen molar-refractivity contribution in [2.45, 2.75) is 36.6 Å². The quantitative estimate of drug-likeness (QED) is 0.437. The summed E-state index contributed by atoms with van der Waals surface area (Å²) < 4.78 is 27.1. The number of nitrogens with one attached hydrogen (secondary N) is 1. The zero-order valence-electron chi connectivity index (χ0n) is 18.1. The van der Waals surface area contributed by atoms with Crippen LogP contribution < -0.4 is 4.72 Å².